The standard InChI is InChI=1S/C8H13NO3/c1-6(10)7-3-2-4-9(7)5-8(11)12/h7H,2-5H2,1H3,(H,11,12). The van der Waals surface area contributed by atoms with Crippen molar-refractivity contribution in [2.75, 3.05) is 13.1 Å². The summed E-state index contributed by atoms with van der Waals surface area (Å²) in [6.45, 7) is 2.24. The van der Waals surface area contributed by atoms with Gasteiger partial charge in [0.1, 0.15) is 5.78 Å². The summed E-state index contributed by atoms with van der Waals surface area (Å²) in [4.78, 5) is 23.1. The molecule has 1 fully saturated rings. The number of aliphatic carboxylic acids is 1. The molecule has 0 aromatic carbocycles. The lowest BCUT2D eigenvalue weighted by Crippen LogP contribution is -2.38. The highest BCUT2D eigenvalue weighted by Crippen LogP contribution is 2.16. The molecule has 0 aromatic rings. The third-order valence-electron chi connectivity index (χ3n) is 2.17. The Labute approximate surface area is 71.2 Å². The number of carboxylic acids is 1. The van der Waals surface area contributed by atoms with Crippen LogP contribution in [-0.2, 0) is 9.59 Å². The van der Waals surface area contributed by atoms with Crippen molar-refractivity contribution < 1.29 is 14.7 Å². The third kappa shape index (κ3) is 2.04. The molecule has 1 aliphatic heterocycles. The van der Waals surface area contributed by atoms with Crippen LogP contribution in [0.5, 0.6) is 0 Å². The van der Waals surface area contributed by atoms with Crippen LogP contribution in [0.3, 0.4) is 0 Å². The Hall–Kier alpha value is -0.900. The molecule has 1 unspecified atom stereocenters. The Morgan fingerprint density at radius 2 is 2.25 bits per heavy atom. The predicted octanol–water partition coefficient (Wildman–Crippen LogP) is 0.124. The molecule has 1 aliphatic rings. The van der Waals surface area contributed by atoms with Crippen molar-refractivity contribution in [2.45, 2.75) is 25.8 Å². The first-order chi connectivity index (χ1) is 5.61. The second kappa shape index (κ2) is 3.67. The minimum atomic E-state index is -0.858. The largest absolute Gasteiger partial charge is 0.480 e. The zero-order chi connectivity index (χ0) is 9.14. The number of nitrogens with zero attached hydrogens (tertiary/aromatic N) is 1. The number of hydrogen-bond acceptors (Lipinski definition) is 3. The summed E-state index contributed by atoms with van der Waals surface area (Å²) in [5.41, 5.74) is 0. The number of hydrogen-bond donors (Lipinski definition) is 1. The van der Waals surface area contributed by atoms with Gasteiger partial charge >= 0.3 is 5.97 Å². The summed E-state index contributed by atoms with van der Waals surface area (Å²) in [6.07, 6.45) is 1.74. The van der Waals surface area contributed by atoms with Gasteiger partial charge in [-0.25, -0.2) is 0 Å². The van der Waals surface area contributed by atoms with Gasteiger partial charge in [-0.05, 0) is 26.3 Å². The van der Waals surface area contributed by atoms with E-state index < -0.39 is 5.97 Å². The van der Waals surface area contributed by atoms with Crippen molar-refractivity contribution in [1.29, 1.82) is 0 Å². The van der Waals surface area contributed by atoms with Gasteiger partial charge in [-0.15, -0.1) is 0 Å². The van der Waals surface area contributed by atoms with E-state index in [0.717, 1.165) is 19.4 Å². The molecule has 1 N–H and O–H groups in total. The highest BCUT2D eigenvalue weighted by molar-refractivity contribution is 5.82. The van der Waals surface area contributed by atoms with E-state index in [4.69, 9.17) is 5.11 Å². The number of Topliss-reactive ketones (excluding diaryl/α,β-unsaturated/α-hetero) is 1. The molecule has 0 aromatic heterocycles. The fourth-order valence-corrected chi connectivity index (χ4v) is 1.65. The zero-order valence-corrected chi connectivity index (χ0v) is 7.12. The highest BCUT2D eigenvalue weighted by Gasteiger charge is 2.28. The first-order valence-corrected chi connectivity index (χ1v) is 4.07. The van der Waals surface area contributed by atoms with Crippen LogP contribution < -0.4 is 0 Å². The summed E-state index contributed by atoms with van der Waals surface area (Å²) in [5.74, 6) is -0.781. The molecule has 0 saturated carbocycles. The van der Waals surface area contributed by atoms with Crippen LogP contribution in [0.1, 0.15) is 19.8 Å². The van der Waals surface area contributed by atoms with Crippen molar-refractivity contribution in [2.24, 2.45) is 0 Å². The number of likely N-dealkylation sites (tertiary alicyclic amines) is 1. The fourth-order valence-electron chi connectivity index (χ4n) is 1.65. The normalized spacial score (nSPS) is 24.2. The van der Waals surface area contributed by atoms with Crippen LogP contribution in [0, 0.1) is 0 Å². The molecule has 1 rings (SSSR count). The molecule has 1 saturated heterocycles. The van der Waals surface area contributed by atoms with Crippen LogP contribution >= 0.6 is 0 Å². The van der Waals surface area contributed by atoms with Gasteiger partial charge in [0, 0.05) is 0 Å². The van der Waals surface area contributed by atoms with E-state index in [1.165, 1.54) is 6.92 Å². The molecule has 12 heavy (non-hydrogen) atoms. The molecule has 4 nitrogen and oxygen atoms in total. The van der Waals surface area contributed by atoms with Gasteiger partial charge in [0.25, 0.3) is 0 Å². The molecule has 1 heterocycles. The molecule has 4 heteroatoms. The Morgan fingerprint density at radius 1 is 1.58 bits per heavy atom. The molecule has 0 aliphatic carbocycles. The number of carbonyl (C=O) groups is 2. The topological polar surface area (TPSA) is 57.6 Å². The highest BCUT2D eigenvalue weighted by atomic mass is 16.4. The summed E-state index contributed by atoms with van der Waals surface area (Å²) in [5, 5.41) is 8.52. The number of carbonyl (C=O) groups excluding carboxylic acids is 1. The Kier molecular flexibility index (Phi) is 2.81. The Bertz CT molecular complexity index is 202. The summed E-state index contributed by atoms with van der Waals surface area (Å²) in [7, 11) is 0. The van der Waals surface area contributed by atoms with Crippen LogP contribution in [0.15, 0.2) is 0 Å². The molecule has 0 amide bonds. The molecule has 0 bridgehead atoms. The van der Waals surface area contributed by atoms with E-state index in [9.17, 15) is 9.59 Å². The second-order valence-electron chi connectivity index (χ2n) is 3.13. The molecule has 0 spiro atoms. The van der Waals surface area contributed by atoms with Crippen molar-refractivity contribution in [3.05, 3.63) is 0 Å². The smallest absolute Gasteiger partial charge is 0.317 e. The first kappa shape index (κ1) is 9.19. The van der Waals surface area contributed by atoms with Gasteiger partial charge in [-0.1, -0.05) is 0 Å². The van der Waals surface area contributed by atoms with Gasteiger partial charge in [-0.3, -0.25) is 14.5 Å². The lowest BCUT2D eigenvalue weighted by atomic mass is 10.1. The molecular weight excluding hydrogens is 158 g/mol. The van der Waals surface area contributed by atoms with Crippen molar-refractivity contribution in [1.82, 2.24) is 4.90 Å². The summed E-state index contributed by atoms with van der Waals surface area (Å²) in [6, 6.07) is -0.152. The van der Waals surface area contributed by atoms with Gasteiger partial charge in [0.15, 0.2) is 0 Å². The lowest BCUT2D eigenvalue weighted by molar-refractivity contribution is -0.139. The van der Waals surface area contributed by atoms with Gasteiger partial charge < -0.3 is 5.11 Å². The zero-order valence-electron chi connectivity index (χ0n) is 7.12. The van der Waals surface area contributed by atoms with E-state index in [1.54, 1.807) is 4.90 Å². The maximum absolute atomic E-state index is 11.0. The average molecular weight is 171 g/mol. The fraction of sp³-hybridized carbons (Fsp3) is 0.750. The lowest BCUT2D eigenvalue weighted by Gasteiger charge is -2.19. The minimum absolute atomic E-state index is 0.00968. The van der Waals surface area contributed by atoms with Crippen LogP contribution in [0.2, 0.25) is 0 Å². The Morgan fingerprint density at radius 3 is 2.75 bits per heavy atom. The van der Waals surface area contributed by atoms with E-state index in [-0.39, 0.29) is 18.4 Å². The number of rotatable bonds is 3. The maximum atomic E-state index is 11.0. The predicted molar refractivity (Wildman–Crippen MR) is 42.9 cm³/mol. The minimum Gasteiger partial charge on any atom is -0.480 e. The second-order valence-corrected chi connectivity index (χ2v) is 3.13. The third-order valence-corrected chi connectivity index (χ3v) is 2.17. The van der Waals surface area contributed by atoms with Crippen LogP contribution in [0.4, 0.5) is 0 Å². The van der Waals surface area contributed by atoms with Gasteiger partial charge in [-0.2, -0.15) is 0 Å². The molecule has 0 radical (unpaired) electrons. The van der Waals surface area contributed by atoms with Crippen molar-refractivity contribution in [3.63, 3.8) is 0 Å². The van der Waals surface area contributed by atoms with Crippen LogP contribution in [0.25, 0.3) is 0 Å². The maximum Gasteiger partial charge on any atom is 0.317 e. The number of carboxylic acid groups (broad SMARTS) is 1. The van der Waals surface area contributed by atoms with E-state index in [1.807, 2.05) is 0 Å². The Balaban J connectivity index is 2.52. The molecule has 68 valence electrons. The van der Waals surface area contributed by atoms with Crippen LogP contribution in [-0.4, -0.2) is 40.9 Å². The van der Waals surface area contributed by atoms with Crippen molar-refractivity contribution in [3.8, 4) is 0 Å². The van der Waals surface area contributed by atoms with E-state index in [0.29, 0.717) is 0 Å². The van der Waals surface area contributed by atoms with Gasteiger partial charge in [0.2, 0.25) is 0 Å². The first-order valence-electron chi connectivity index (χ1n) is 4.07. The molecule has 1 atom stereocenters. The average Bonchev–Trinajstić information content (AvgIpc) is 2.33. The molecular formula is C8H13NO3. The van der Waals surface area contributed by atoms with E-state index in [2.05, 4.69) is 0 Å². The summed E-state index contributed by atoms with van der Waals surface area (Å²) < 4.78 is 0. The SMILES string of the molecule is CC(=O)C1CCCN1CC(=O)O. The summed E-state index contributed by atoms with van der Waals surface area (Å²) >= 11 is 0. The van der Waals surface area contributed by atoms with E-state index >= 15 is 0 Å². The number of ketones is 1. The quantitative estimate of drug-likeness (QED) is 0.655. The monoisotopic (exact) mass is 171 g/mol. The van der Waals surface area contributed by atoms with Gasteiger partial charge in [0.05, 0.1) is 12.6 Å². The van der Waals surface area contributed by atoms with Crippen molar-refractivity contribution >= 4 is 11.8 Å².